The van der Waals surface area contributed by atoms with Gasteiger partial charge in [0.25, 0.3) is 5.91 Å². The summed E-state index contributed by atoms with van der Waals surface area (Å²) < 4.78 is 30.9. The van der Waals surface area contributed by atoms with Gasteiger partial charge in [-0.3, -0.25) is 9.89 Å². The van der Waals surface area contributed by atoms with Gasteiger partial charge in [0.05, 0.1) is 12.4 Å². The molecular formula is C12H19N3O4S. The number of rotatable bonds is 5. The molecule has 1 unspecified atom stereocenters. The third kappa shape index (κ3) is 3.80. The molecule has 1 amide bonds. The number of hydrogen-bond acceptors (Lipinski definition) is 5. The van der Waals surface area contributed by atoms with Gasteiger partial charge in [0.2, 0.25) is 10.0 Å². The lowest BCUT2D eigenvalue weighted by Crippen LogP contribution is -2.35. The summed E-state index contributed by atoms with van der Waals surface area (Å²) in [5.41, 5.74) is 0.872. The van der Waals surface area contributed by atoms with E-state index in [1.165, 1.54) is 0 Å². The number of carbonyl (C=O) groups excluding carboxylic acids is 1. The zero-order chi connectivity index (χ0) is 14.8. The van der Waals surface area contributed by atoms with Crippen LogP contribution in [0.3, 0.4) is 0 Å². The highest BCUT2D eigenvalue weighted by Gasteiger charge is 2.25. The third-order valence-electron chi connectivity index (χ3n) is 3.18. The van der Waals surface area contributed by atoms with Crippen molar-refractivity contribution in [2.24, 2.45) is 5.92 Å². The Morgan fingerprint density at radius 2 is 2.35 bits per heavy atom. The molecule has 1 fully saturated rings. The van der Waals surface area contributed by atoms with Crippen molar-refractivity contribution in [1.82, 2.24) is 14.9 Å². The molecular weight excluding hydrogens is 282 g/mol. The van der Waals surface area contributed by atoms with Crippen LogP contribution in [0.5, 0.6) is 0 Å². The fourth-order valence-electron chi connectivity index (χ4n) is 2.01. The molecule has 1 aliphatic rings. The number of aromatic nitrogens is 2. The fourth-order valence-corrected chi connectivity index (χ4v) is 3.36. The maximum atomic E-state index is 11.9. The van der Waals surface area contributed by atoms with Gasteiger partial charge in [-0.1, -0.05) is 13.8 Å². The molecule has 2 N–H and O–H groups in total. The van der Waals surface area contributed by atoms with E-state index in [-0.39, 0.29) is 23.3 Å². The van der Waals surface area contributed by atoms with Gasteiger partial charge < -0.3 is 4.74 Å². The number of nitrogens with one attached hydrogen (secondary N) is 2. The van der Waals surface area contributed by atoms with Crippen LogP contribution in [0, 0.1) is 5.92 Å². The molecule has 1 aromatic rings. The van der Waals surface area contributed by atoms with E-state index in [4.69, 9.17) is 4.74 Å². The number of hydrogen-bond donors (Lipinski definition) is 2. The monoisotopic (exact) mass is 301 g/mol. The van der Waals surface area contributed by atoms with Crippen LogP contribution < -0.4 is 4.72 Å². The van der Waals surface area contributed by atoms with Gasteiger partial charge in [0, 0.05) is 18.2 Å². The van der Waals surface area contributed by atoms with Gasteiger partial charge in [-0.2, -0.15) is 5.10 Å². The topological polar surface area (TPSA) is 101 Å². The van der Waals surface area contributed by atoms with E-state index < -0.39 is 15.9 Å². The molecule has 0 aliphatic carbocycles. The first-order valence-electron chi connectivity index (χ1n) is 6.55. The van der Waals surface area contributed by atoms with Gasteiger partial charge in [0.1, 0.15) is 0 Å². The van der Waals surface area contributed by atoms with Gasteiger partial charge >= 0.3 is 0 Å². The molecule has 8 heteroatoms. The SMILES string of the molecule is CC(C)c1cc(C(=O)NS(=O)(=O)CC2CCOC2)n[nH]1. The Hall–Kier alpha value is -1.41. The van der Waals surface area contributed by atoms with Gasteiger partial charge in [0.15, 0.2) is 5.69 Å². The molecule has 0 aromatic carbocycles. The largest absolute Gasteiger partial charge is 0.381 e. The van der Waals surface area contributed by atoms with Crippen molar-refractivity contribution in [2.45, 2.75) is 26.2 Å². The minimum Gasteiger partial charge on any atom is -0.381 e. The predicted molar refractivity (Wildman–Crippen MR) is 72.9 cm³/mol. The van der Waals surface area contributed by atoms with Crippen molar-refractivity contribution in [3.8, 4) is 0 Å². The maximum absolute atomic E-state index is 11.9. The second-order valence-corrected chi connectivity index (χ2v) is 7.07. The van der Waals surface area contributed by atoms with Crippen LogP contribution in [0.4, 0.5) is 0 Å². The van der Waals surface area contributed by atoms with Crippen molar-refractivity contribution >= 4 is 15.9 Å². The molecule has 2 heterocycles. The quantitative estimate of drug-likeness (QED) is 0.830. The van der Waals surface area contributed by atoms with E-state index in [1.54, 1.807) is 6.07 Å². The van der Waals surface area contributed by atoms with Crippen LogP contribution in [-0.4, -0.2) is 43.5 Å². The number of sulfonamides is 1. The predicted octanol–water partition coefficient (Wildman–Crippen LogP) is 0.629. The van der Waals surface area contributed by atoms with Gasteiger partial charge in [-0.15, -0.1) is 0 Å². The Kier molecular flexibility index (Phi) is 4.44. The Morgan fingerprint density at radius 1 is 1.60 bits per heavy atom. The van der Waals surface area contributed by atoms with E-state index in [1.807, 2.05) is 18.6 Å². The van der Waals surface area contributed by atoms with Crippen LogP contribution in [0.15, 0.2) is 6.07 Å². The zero-order valence-corrected chi connectivity index (χ0v) is 12.4. The van der Waals surface area contributed by atoms with E-state index in [0.29, 0.717) is 19.6 Å². The maximum Gasteiger partial charge on any atom is 0.285 e. The van der Waals surface area contributed by atoms with E-state index in [9.17, 15) is 13.2 Å². The molecule has 7 nitrogen and oxygen atoms in total. The Bertz CT molecular complexity index is 573. The molecule has 0 spiro atoms. The molecule has 0 radical (unpaired) electrons. The van der Waals surface area contributed by atoms with Crippen LogP contribution >= 0.6 is 0 Å². The summed E-state index contributed by atoms with van der Waals surface area (Å²) in [5, 5.41) is 6.55. The minimum absolute atomic E-state index is 0.0503. The van der Waals surface area contributed by atoms with E-state index in [2.05, 4.69) is 10.2 Å². The molecule has 112 valence electrons. The number of nitrogens with zero attached hydrogens (tertiary/aromatic N) is 1. The average molecular weight is 301 g/mol. The van der Waals surface area contributed by atoms with Crippen LogP contribution in [0.25, 0.3) is 0 Å². The van der Waals surface area contributed by atoms with E-state index >= 15 is 0 Å². The summed E-state index contributed by atoms with van der Waals surface area (Å²) in [6.07, 6.45) is 0.703. The Morgan fingerprint density at radius 3 is 2.90 bits per heavy atom. The lowest BCUT2D eigenvalue weighted by molar-refractivity contribution is 0.0976. The fraction of sp³-hybridized carbons (Fsp3) is 0.667. The number of H-pyrrole nitrogens is 1. The highest BCUT2D eigenvalue weighted by molar-refractivity contribution is 7.90. The first-order valence-corrected chi connectivity index (χ1v) is 8.20. The van der Waals surface area contributed by atoms with Crippen molar-refractivity contribution in [3.63, 3.8) is 0 Å². The summed E-state index contributed by atoms with van der Waals surface area (Å²) in [6.45, 7) is 4.90. The molecule has 1 atom stereocenters. The van der Waals surface area contributed by atoms with Crippen LogP contribution in [0.1, 0.15) is 42.4 Å². The normalized spacial score (nSPS) is 19.4. The van der Waals surface area contributed by atoms with Gasteiger partial charge in [-0.05, 0) is 18.4 Å². The summed E-state index contributed by atoms with van der Waals surface area (Å²) in [4.78, 5) is 11.9. The molecule has 1 aromatic heterocycles. The van der Waals surface area contributed by atoms with Crippen molar-refractivity contribution in [3.05, 3.63) is 17.5 Å². The first-order chi connectivity index (χ1) is 9.37. The average Bonchev–Trinajstić information content (AvgIpc) is 2.96. The molecule has 20 heavy (non-hydrogen) atoms. The molecule has 0 bridgehead atoms. The standard InChI is InChI=1S/C12H19N3O4S/c1-8(2)10-5-11(14-13-10)12(16)15-20(17,18)7-9-3-4-19-6-9/h5,8-9H,3-4,6-7H2,1-2H3,(H,13,14)(H,15,16). The number of aromatic amines is 1. The van der Waals surface area contributed by atoms with Crippen LogP contribution in [0.2, 0.25) is 0 Å². The summed E-state index contributed by atoms with van der Waals surface area (Å²) in [6, 6.07) is 1.56. The van der Waals surface area contributed by atoms with Gasteiger partial charge in [-0.25, -0.2) is 13.1 Å². The van der Waals surface area contributed by atoms with E-state index in [0.717, 1.165) is 5.69 Å². The number of carbonyl (C=O) groups is 1. The van der Waals surface area contributed by atoms with Crippen molar-refractivity contribution in [2.75, 3.05) is 19.0 Å². The smallest absolute Gasteiger partial charge is 0.285 e. The molecule has 1 saturated heterocycles. The number of ether oxygens (including phenoxy) is 1. The highest BCUT2D eigenvalue weighted by Crippen LogP contribution is 2.15. The second kappa shape index (κ2) is 5.92. The lowest BCUT2D eigenvalue weighted by Gasteiger charge is -2.09. The minimum atomic E-state index is -3.66. The summed E-state index contributed by atoms with van der Waals surface area (Å²) in [5.74, 6) is -0.658. The molecule has 0 saturated carbocycles. The molecule has 2 rings (SSSR count). The second-order valence-electron chi connectivity index (χ2n) is 5.31. The molecule has 1 aliphatic heterocycles. The summed E-state index contributed by atoms with van der Waals surface area (Å²) >= 11 is 0. The van der Waals surface area contributed by atoms with Crippen LogP contribution in [-0.2, 0) is 14.8 Å². The first kappa shape index (κ1) is 15.0. The Balaban J connectivity index is 1.98. The lowest BCUT2D eigenvalue weighted by atomic mass is 10.1. The summed E-state index contributed by atoms with van der Waals surface area (Å²) in [7, 11) is -3.66. The van der Waals surface area contributed by atoms with Crippen molar-refractivity contribution < 1.29 is 17.9 Å². The zero-order valence-electron chi connectivity index (χ0n) is 11.5. The number of amides is 1. The van der Waals surface area contributed by atoms with Crippen molar-refractivity contribution in [1.29, 1.82) is 0 Å². The third-order valence-corrected chi connectivity index (χ3v) is 4.59. The highest BCUT2D eigenvalue weighted by atomic mass is 32.2. The Labute approximate surface area is 118 Å².